The summed E-state index contributed by atoms with van der Waals surface area (Å²) < 4.78 is 5.76. The zero-order valence-corrected chi connectivity index (χ0v) is 11.2. The van der Waals surface area contributed by atoms with Crippen LogP contribution < -0.4 is 0 Å². The highest BCUT2D eigenvalue weighted by atomic mass is 35.5. The largest absolute Gasteiger partial charge is 0.481 e. The monoisotopic (exact) mass is 286 g/mol. The van der Waals surface area contributed by atoms with E-state index in [2.05, 4.69) is 0 Å². The van der Waals surface area contributed by atoms with Gasteiger partial charge in [0.15, 0.2) is 0 Å². The Bertz CT molecular complexity index is 728. The van der Waals surface area contributed by atoms with Crippen molar-refractivity contribution in [2.45, 2.75) is 6.42 Å². The van der Waals surface area contributed by atoms with Crippen LogP contribution in [0.5, 0.6) is 0 Å². The van der Waals surface area contributed by atoms with Gasteiger partial charge in [0.25, 0.3) is 0 Å². The number of rotatable bonds is 3. The van der Waals surface area contributed by atoms with Crippen LogP contribution in [0, 0.1) is 0 Å². The maximum Gasteiger partial charge on any atom is 0.311 e. The Hall–Kier alpha value is -2.26. The minimum Gasteiger partial charge on any atom is -0.481 e. The van der Waals surface area contributed by atoms with Crippen LogP contribution in [0.1, 0.15) is 5.76 Å². The van der Waals surface area contributed by atoms with Crippen LogP contribution in [-0.2, 0) is 11.2 Å². The molecule has 3 nitrogen and oxygen atoms in total. The summed E-state index contributed by atoms with van der Waals surface area (Å²) in [7, 11) is 0. The molecule has 1 aliphatic heterocycles. The number of carboxylic acids is 1. The molecule has 0 amide bonds. The summed E-state index contributed by atoms with van der Waals surface area (Å²) in [5.74, 6) is 0.186. The second-order valence-electron chi connectivity index (χ2n) is 4.51. The number of carbonyl (C=O) groups is 1. The van der Waals surface area contributed by atoms with Crippen molar-refractivity contribution in [3.05, 3.63) is 59.3 Å². The zero-order valence-electron chi connectivity index (χ0n) is 10.5. The average Bonchev–Trinajstić information content (AvgIpc) is 2.87. The Balaban J connectivity index is 2.13. The van der Waals surface area contributed by atoms with Crippen LogP contribution in [0.25, 0.3) is 22.5 Å². The molecule has 0 radical (unpaired) electrons. The van der Waals surface area contributed by atoms with Gasteiger partial charge in [0.1, 0.15) is 17.9 Å². The molecule has 3 rings (SSSR count). The lowest BCUT2D eigenvalue weighted by atomic mass is 10.0. The summed E-state index contributed by atoms with van der Waals surface area (Å²) in [5, 5.41) is 9.63. The molecule has 0 spiro atoms. The Morgan fingerprint density at radius 3 is 2.55 bits per heavy atom. The summed E-state index contributed by atoms with van der Waals surface area (Å²) in [4.78, 5) is 10.9. The molecule has 1 aromatic carbocycles. The molecule has 0 saturated carbocycles. The van der Waals surface area contributed by atoms with Crippen molar-refractivity contribution in [2.24, 2.45) is 0 Å². The molecule has 1 heterocycles. The second kappa shape index (κ2) is 5.02. The highest BCUT2D eigenvalue weighted by Crippen LogP contribution is 2.33. The predicted molar refractivity (Wildman–Crippen MR) is 77.1 cm³/mol. The molecule has 100 valence electrons. The quantitative estimate of drug-likeness (QED) is 0.779. The maximum atomic E-state index is 10.9. The average molecular weight is 287 g/mol. The number of carboxylic acid groups (broad SMARTS) is 1. The molecule has 0 fully saturated rings. The van der Waals surface area contributed by atoms with Gasteiger partial charge < -0.3 is 9.52 Å². The standard InChI is InChI=1S/C16H11ClO3/c17-12-6-4-10(5-7-12)14-8-11-2-1-3-13(11)15(20-14)9-16(18)19/h1-8H,9H2,(H,18,19). The SMILES string of the molecule is O=C(O)Cc1oc(-c2ccc(Cl)cc2)cc2cccc1-2. The lowest BCUT2D eigenvalue weighted by Crippen LogP contribution is -2.02. The molecule has 4 heteroatoms. The van der Waals surface area contributed by atoms with Gasteiger partial charge in [-0.1, -0.05) is 29.8 Å². The Labute approximate surface area is 120 Å². The van der Waals surface area contributed by atoms with Crippen molar-refractivity contribution in [1.82, 2.24) is 0 Å². The normalized spacial score (nSPS) is 10.8. The van der Waals surface area contributed by atoms with Gasteiger partial charge in [0.2, 0.25) is 0 Å². The van der Waals surface area contributed by atoms with E-state index in [1.807, 2.05) is 36.4 Å². The number of halogens is 1. The fourth-order valence-corrected chi connectivity index (χ4v) is 2.32. The van der Waals surface area contributed by atoms with Gasteiger partial charge in [-0.15, -0.1) is 0 Å². The number of hydrogen-bond acceptors (Lipinski definition) is 2. The van der Waals surface area contributed by atoms with Crippen molar-refractivity contribution >= 4 is 17.6 Å². The van der Waals surface area contributed by atoms with E-state index in [-0.39, 0.29) is 6.42 Å². The van der Waals surface area contributed by atoms with Gasteiger partial charge in [0, 0.05) is 16.1 Å². The fourth-order valence-electron chi connectivity index (χ4n) is 2.20. The van der Waals surface area contributed by atoms with Crippen LogP contribution in [0.3, 0.4) is 0 Å². The molecule has 0 aromatic heterocycles. The van der Waals surface area contributed by atoms with E-state index < -0.39 is 5.97 Å². The molecule has 1 N–H and O–H groups in total. The Kier molecular flexibility index (Phi) is 3.20. The van der Waals surface area contributed by atoms with E-state index in [1.165, 1.54) is 0 Å². The van der Waals surface area contributed by atoms with Gasteiger partial charge in [-0.25, -0.2) is 0 Å². The van der Waals surface area contributed by atoms with Crippen molar-refractivity contribution < 1.29 is 14.3 Å². The van der Waals surface area contributed by atoms with E-state index >= 15 is 0 Å². The van der Waals surface area contributed by atoms with Crippen molar-refractivity contribution in [2.75, 3.05) is 0 Å². The molecule has 0 bridgehead atoms. The molecular formula is C16H11ClO3. The zero-order chi connectivity index (χ0) is 14.1. The smallest absolute Gasteiger partial charge is 0.311 e. The Morgan fingerprint density at radius 2 is 1.85 bits per heavy atom. The number of fused-ring (bicyclic) bond motifs is 1. The first kappa shape index (κ1) is 12.8. The van der Waals surface area contributed by atoms with Crippen LogP contribution in [0.4, 0.5) is 0 Å². The molecule has 1 aliphatic carbocycles. The van der Waals surface area contributed by atoms with Crippen molar-refractivity contribution in [3.8, 4) is 22.5 Å². The molecule has 0 unspecified atom stereocenters. The van der Waals surface area contributed by atoms with Gasteiger partial charge in [-0.05, 0) is 35.9 Å². The second-order valence-corrected chi connectivity index (χ2v) is 4.94. The molecule has 1 aromatic rings. The van der Waals surface area contributed by atoms with Crippen LogP contribution >= 0.6 is 11.6 Å². The summed E-state index contributed by atoms with van der Waals surface area (Å²) >= 11 is 5.87. The van der Waals surface area contributed by atoms with Gasteiger partial charge in [0.05, 0.1) is 0 Å². The van der Waals surface area contributed by atoms with Gasteiger partial charge in [-0.2, -0.15) is 0 Å². The number of benzene rings is 1. The molecule has 20 heavy (non-hydrogen) atoms. The minimum atomic E-state index is -0.912. The van der Waals surface area contributed by atoms with Gasteiger partial charge >= 0.3 is 5.97 Å². The highest BCUT2D eigenvalue weighted by molar-refractivity contribution is 6.30. The highest BCUT2D eigenvalue weighted by Gasteiger charge is 2.16. The third-order valence-electron chi connectivity index (χ3n) is 3.11. The molecule has 0 atom stereocenters. The van der Waals surface area contributed by atoms with Gasteiger partial charge in [-0.3, -0.25) is 4.79 Å². The van der Waals surface area contributed by atoms with Crippen LogP contribution in [0.15, 0.2) is 52.9 Å². The van der Waals surface area contributed by atoms with Crippen LogP contribution in [0.2, 0.25) is 5.02 Å². The fraction of sp³-hybridized carbons (Fsp3) is 0.0625. The number of hydrogen-bond donors (Lipinski definition) is 1. The van der Waals surface area contributed by atoms with E-state index in [4.69, 9.17) is 21.1 Å². The van der Waals surface area contributed by atoms with E-state index in [0.29, 0.717) is 16.5 Å². The van der Waals surface area contributed by atoms with E-state index in [1.54, 1.807) is 12.1 Å². The summed E-state index contributed by atoms with van der Waals surface area (Å²) in [5.41, 5.74) is 2.67. The maximum absolute atomic E-state index is 10.9. The van der Waals surface area contributed by atoms with Crippen LogP contribution in [-0.4, -0.2) is 11.1 Å². The summed E-state index contributed by atoms with van der Waals surface area (Å²) in [6, 6.07) is 14.8. The van der Waals surface area contributed by atoms with Crippen molar-refractivity contribution in [3.63, 3.8) is 0 Å². The lowest BCUT2D eigenvalue weighted by molar-refractivity contribution is -0.136. The summed E-state index contributed by atoms with van der Waals surface area (Å²) in [6.07, 6.45) is -0.137. The number of aliphatic carboxylic acids is 1. The minimum absolute atomic E-state index is 0.137. The lowest BCUT2D eigenvalue weighted by Gasteiger charge is -2.10. The Morgan fingerprint density at radius 1 is 1.10 bits per heavy atom. The summed E-state index contributed by atoms with van der Waals surface area (Å²) in [6.45, 7) is 0. The first-order valence-corrected chi connectivity index (χ1v) is 6.50. The van der Waals surface area contributed by atoms with E-state index in [9.17, 15) is 4.79 Å². The molecular weight excluding hydrogens is 276 g/mol. The molecule has 2 aliphatic rings. The van der Waals surface area contributed by atoms with E-state index in [0.717, 1.165) is 16.7 Å². The molecule has 0 saturated heterocycles. The topological polar surface area (TPSA) is 50.4 Å². The van der Waals surface area contributed by atoms with Crippen molar-refractivity contribution in [1.29, 1.82) is 0 Å². The third kappa shape index (κ3) is 2.40. The predicted octanol–water partition coefficient (Wildman–Crippen LogP) is 4.33. The first-order valence-electron chi connectivity index (χ1n) is 6.12. The first-order chi connectivity index (χ1) is 9.63. The third-order valence-corrected chi connectivity index (χ3v) is 3.36.